The third-order valence-electron chi connectivity index (χ3n) is 4.82. The highest BCUT2D eigenvalue weighted by Crippen LogP contribution is 2.59. The molecule has 1 aromatic heterocycles. The van der Waals surface area contributed by atoms with Gasteiger partial charge < -0.3 is 5.11 Å². The van der Waals surface area contributed by atoms with E-state index < -0.39 is 24.0 Å². The van der Waals surface area contributed by atoms with Crippen molar-refractivity contribution in [2.75, 3.05) is 0 Å². The van der Waals surface area contributed by atoms with Gasteiger partial charge in [0, 0.05) is 28.3 Å². The summed E-state index contributed by atoms with van der Waals surface area (Å²) in [5, 5.41) is 9.64. The van der Waals surface area contributed by atoms with Crippen molar-refractivity contribution >= 4 is 17.6 Å². The first kappa shape index (κ1) is 15.3. The lowest BCUT2D eigenvalue weighted by Crippen LogP contribution is -2.29. The van der Waals surface area contributed by atoms with Gasteiger partial charge in [-0.2, -0.15) is 0 Å². The summed E-state index contributed by atoms with van der Waals surface area (Å²) in [6.07, 6.45) is -1.99. The molecule has 1 N–H and O–H groups in total. The number of benzene rings is 1. The van der Waals surface area contributed by atoms with Crippen LogP contribution >= 0.6 is 11.6 Å². The third-order valence-corrected chi connectivity index (χ3v) is 5.05. The number of pyridine rings is 1. The molecule has 0 amide bonds. The number of carboxylic acid groups (broad SMARTS) is 1. The molecular formula is C17H12ClF2NO3. The van der Waals surface area contributed by atoms with E-state index in [1.807, 2.05) is 0 Å². The maximum absolute atomic E-state index is 13.3. The van der Waals surface area contributed by atoms with Gasteiger partial charge >= 0.3 is 5.97 Å². The largest absolute Gasteiger partial charge is 0.480 e. The number of carbonyl (C=O) groups is 1. The van der Waals surface area contributed by atoms with Gasteiger partial charge in [0.15, 0.2) is 0 Å². The molecule has 0 saturated heterocycles. The van der Waals surface area contributed by atoms with Gasteiger partial charge in [-0.15, -0.1) is 0 Å². The first-order valence-corrected chi connectivity index (χ1v) is 7.83. The SMILES string of the molecule is O=C(O)[C@@H]1C2C[C@H]2c2cc(-c3cc(Cl)ccc3C(F)F)cc(=O)n21. The first-order valence-electron chi connectivity index (χ1n) is 7.45. The number of aromatic nitrogens is 1. The van der Waals surface area contributed by atoms with Gasteiger partial charge in [-0.1, -0.05) is 17.7 Å². The lowest BCUT2D eigenvalue weighted by molar-refractivity contribution is -0.141. The smallest absolute Gasteiger partial charge is 0.327 e. The van der Waals surface area contributed by atoms with Crippen molar-refractivity contribution < 1.29 is 18.7 Å². The van der Waals surface area contributed by atoms with Crippen molar-refractivity contribution in [1.29, 1.82) is 0 Å². The number of hydrogen-bond donors (Lipinski definition) is 1. The highest BCUT2D eigenvalue weighted by atomic mass is 35.5. The summed E-state index contributed by atoms with van der Waals surface area (Å²) in [5.74, 6) is -1.11. The minimum atomic E-state index is -2.70. The van der Waals surface area contributed by atoms with Crippen LogP contribution in [0.5, 0.6) is 0 Å². The molecule has 1 saturated carbocycles. The number of rotatable bonds is 3. The monoisotopic (exact) mass is 351 g/mol. The normalized spacial score (nSPS) is 23.9. The van der Waals surface area contributed by atoms with Crippen molar-refractivity contribution in [3.63, 3.8) is 0 Å². The van der Waals surface area contributed by atoms with E-state index in [1.165, 1.54) is 28.8 Å². The second-order valence-corrected chi connectivity index (χ2v) is 6.63. The van der Waals surface area contributed by atoms with E-state index in [9.17, 15) is 23.5 Å². The summed E-state index contributed by atoms with van der Waals surface area (Å²) < 4.78 is 27.8. The Morgan fingerprint density at radius 3 is 2.71 bits per heavy atom. The fourth-order valence-corrected chi connectivity index (χ4v) is 3.87. The second-order valence-electron chi connectivity index (χ2n) is 6.20. The van der Waals surface area contributed by atoms with Crippen LogP contribution in [0.3, 0.4) is 0 Å². The summed E-state index contributed by atoms with van der Waals surface area (Å²) in [4.78, 5) is 23.9. The third kappa shape index (κ3) is 2.17. The lowest BCUT2D eigenvalue weighted by Gasteiger charge is -2.16. The van der Waals surface area contributed by atoms with E-state index in [0.717, 1.165) is 0 Å². The summed E-state index contributed by atoms with van der Waals surface area (Å²) in [6.45, 7) is 0. The van der Waals surface area contributed by atoms with Crippen molar-refractivity contribution in [2.45, 2.75) is 24.8 Å². The van der Waals surface area contributed by atoms with Gasteiger partial charge in [-0.05, 0) is 41.7 Å². The average molecular weight is 352 g/mol. The van der Waals surface area contributed by atoms with Crippen LogP contribution in [0.1, 0.15) is 36.1 Å². The van der Waals surface area contributed by atoms with Gasteiger partial charge in [-0.25, -0.2) is 13.6 Å². The van der Waals surface area contributed by atoms with E-state index in [4.69, 9.17) is 11.6 Å². The zero-order chi connectivity index (χ0) is 17.2. The Morgan fingerprint density at radius 1 is 1.29 bits per heavy atom. The molecule has 1 unspecified atom stereocenters. The highest BCUT2D eigenvalue weighted by Gasteiger charge is 2.55. The molecule has 124 valence electrons. The van der Waals surface area contributed by atoms with Gasteiger partial charge in [0.05, 0.1) is 0 Å². The van der Waals surface area contributed by atoms with Crippen LogP contribution in [-0.2, 0) is 4.79 Å². The van der Waals surface area contributed by atoms with Gasteiger partial charge in [0.2, 0.25) is 0 Å². The molecule has 2 heterocycles. The number of nitrogens with zero attached hydrogens (tertiary/aromatic N) is 1. The van der Waals surface area contributed by atoms with E-state index in [0.29, 0.717) is 22.7 Å². The van der Waals surface area contributed by atoms with Crippen LogP contribution in [0.2, 0.25) is 5.02 Å². The summed E-state index contributed by atoms with van der Waals surface area (Å²) >= 11 is 5.92. The van der Waals surface area contributed by atoms with Crippen LogP contribution < -0.4 is 5.56 Å². The quantitative estimate of drug-likeness (QED) is 0.913. The standard InChI is InChI=1S/C17H12ClF2NO3/c18-8-1-2-9(16(19)20)10(5-8)7-3-13-11-6-12(11)15(17(23)24)21(13)14(22)4-7/h1-5,11-12,15-16H,6H2,(H,23,24)/t11-,12?,15+/m1/s1. The molecule has 0 spiro atoms. The molecule has 2 aromatic rings. The molecule has 0 radical (unpaired) electrons. The number of alkyl halides is 2. The molecule has 4 nitrogen and oxygen atoms in total. The average Bonchev–Trinajstić information content (AvgIpc) is 3.22. The maximum atomic E-state index is 13.3. The fourth-order valence-electron chi connectivity index (χ4n) is 3.70. The fraction of sp³-hybridized carbons (Fsp3) is 0.294. The summed E-state index contributed by atoms with van der Waals surface area (Å²) in [7, 11) is 0. The van der Waals surface area contributed by atoms with Gasteiger partial charge in [-0.3, -0.25) is 9.36 Å². The van der Waals surface area contributed by atoms with Crippen molar-refractivity contribution in [1.82, 2.24) is 4.57 Å². The Bertz CT molecular complexity index is 925. The molecule has 2 aliphatic rings. The van der Waals surface area contributed by atoms with Crippen LogP contribution in [0.4, 0.5) is 8.78 Å². The second kappa shape index (κ2) is 5.14. The Labute approximate surface area is 140 Å². The molecular weight excluding hydrogens is 340 g/mol. The minimum Gasteiger partial charge on any atom is -0.480 e. The molecule has 24 heavy (non-hydrogen) atoms. The van der Waals surface area contributed by atoms with Gasteiger partial charge in [0.1, 0.15) is 6.04 Å². The van der Waals surface area contributed by atoms with Crippen LogP contribution in [0.15, 0.2) is 35.1 Å². The molecule has 1 aromatic carbocycles. The van der Waals surface area contributed by atoms with Crippen molar-refractivity contribution in [2.24, 2.45) is 5.92 Å². The van der Waals surface area contributed by atoms with E-state index >= 15 is 0 Å². The van der Waals surface area contributed by atoms with Crippen LogP contribution in [0, 0.1) is 5.92 Å². The number of halogens is 3. The maximum Gasteiger partial charge on any atom is 0.327 e. The van der Waals surface area contributed by atoms with E-state index in [-0.39, 0.29) is 23.0 Å². The molecule has 1 aliphatic heterocycles. The van der Waals surface area contributed by atoms with Gasteiger partial charge in [0.25, 0.3) is 12.0 Å². The Hall–Kier alpha value is -2.21. The molecule has 7 heteroatoms. The number of fused-ring (bicyclic) bond motifs is 3. The molecule has 0 bridgehead atoms. The predicted molar refractivity (Wildman–Crippen MR) is 83.6 cm³/mol. The van der Waals surface area contributed by atoms with Crippen molar-refractivity contribution in [3.05, 3.63) is 57.0 Å². The Balaban J connectivity index is 1.91. The first-order chi connectivity index (χ1) is 11.4. The summed E-state index contributed by atoms with van der Waals surface area (Å²) in [5.41, 5.74) is 0.468. The predicted octanol–water partition coefficient (Wildman–Crippen LogP) is 3.85. The van der Waals surface area contributed by atoms with Crippen molar-refractivity contribution in [3.8, 4) is 11.1 Å². The zero-order valence-corrected chi connectivity index (χ0v) is 13.0. The topological polar surface area (TPSA) is 59.3 Å². The molecule has 3 atom stereocenters. The number of hydrogen-bond acceptors (Lipinski definition) is 2. The number of aliphatic carboxylic acids is 1. The van der Waals surface area contributed by atoms with E-state index in [2.05, 4.69) is 0 Å². The number of carboxylic acids is 1. The van der Waals surface area contributed by atoms with Crippen LogP contribution in [-0.4, -0.2) is 15.6 Å². The van der Waals surface area contributed by atoms with Crippen LogP contribution in [0.25, 0.3) is 11.1 Å². The Morgan fingerprint density at radius 2 is 2.04 bits per heavy atom. The summed E-state index contributed by atoms with van der Waals surface area (Å²) in [6, 6.07) is 6.02. The highest BCUT2D eigenvalue weighted by molar-refractivity contribution is 6.30. The minimum absolute atomic E-state index is 0.00735. The molecule has 1 fully saturated rings. The lowest BCUT2D eigenvalue weighted by atomic mass is 9.99. The molecule has 1 aliphatic carbocycles. The zero-order valence-electron chi connectivity index (χ0n) is 12.2. The Kier molecular flexibility index (Phi) is 3.28. The molecule has 4 rings (SSSR count). The van der Waals surface area contributed by atoms with E-state index in [1.54, 1.807) is 6.07 Å².